The molecule has 0 bridgehead atoms. The number of aromatic amines is 1. The summed E-state index contributed by atoms with van der Waals surface area (Å²) in [6.45, 7) is 9.94. The van der Waals surface area contributed by atoms with Crippen LogP contribution < -0.4 is 26.4 Å². The fraction of sp³-hybridized carbons (Fsp3) is 0.647. The standard InChI is InChI=1S/C51H79N11O20/c52-50-58-46-45(54-37-55-46)47(59-50)82-35-39-6-4-38(5-7-39)33-53-43(63)10-12-71-13-14-72-15-16-73-17-18-74-19-20-75-21-22-76-23-24-77-25-26-78-27-28-79-29-30-80-31-32-81-36-40-34-62(61-60-40)11-2-1-3-41(48(66)67)56-51(70)57-42(49(68)69)8-9-44(64)65/h4-7,34,37,41-42H,1-3,8-33,35-36H2,(H,53,63)(H,64,65)(H,66,67)(H,68,69)(H2,56,57,70)(H3,52,54,55,58,59)/t41-,42-/m0/s1. The van der Waals surface area contributed by atoms with Crippen LogP contribution in [0.4, 0.5) is 10.7 Å². The molecule has 0 saturated carbocycles. The average molecular weight is 1170 g/mol. The van der Waals surface area contributed by atoms with Gasteiger partial charge >= 0.3 is 23.9 Å². The SMILES string of the molecule is Nc1nc(OCc2ccc(CNC(=O)CCOCCOCCOCCOCCOCCOCCOCCOCCOCCOCCOCc3cn(CCCC[C@H](NC(=O)N[C@@H](CCC(=O)O)C(=O)O)C(=O)O)nn3)cc2)c2[nH]cnc2n1. The average Bonchev–Trinajstić information content (AvgIpc) is 4.16. The lowest BCUT2D eigenvalue weighted by Crippen LogP contribution is -2.51. The van der Waals surface area contributed by atoms with Gasteiger partial charge in [-0.05, 0) is 36.8 Å². The molecule has 2 atom stereocenters. The zero-order chi connectivity index (χ0) is 58.7. The van der Waals surface area contributed by atoms with Crippen molar-refractivity contribution in [3.05, 3.63) is 53.6 Å². The molecule has 3 aromatic heterocycles. The maximum Gasteiger partial charge on any atom is 0.326 e. The van der Waals surface area contributed by atoms with Gasteiger partial charge in [0.05, 0.1) is 158 Å². The van der Waals surface area contributed by atoms with E-state index in [0.29, 0.717) is 181 Å². The van der Waals surface area contributed by atoms with Crippen molar-refractivity contribution in [3.63, 3.8) is 0 Å². The Hall–Kier alpha value is -6.78. The first-order valence-electron chi connectivity index (χ1n) is 26.9. The topological polar surface area (TPSA) is 404 Å². The van der Waals surface area contributed by atoms with E-state index in [-0.39, 0.29) is 50.9 Å². The Morgan fingerprint density at radius 1 is 0.573 bits per heavy atom. The number of carboxylic acids is 3. The summed E-state index contributed by atoms with van der Waals surface area (Å²) in [5.74, 6) is -3.65. The number of H-pyrrole nitrogens is 1. The third-order valence-corrected chi connectivity index (χ3v) is 11.2. The van der Waals surface area contributed by atoms with Crippen molar-refractivity contribution in [1.29, 1.82) is 0 Å². The molecule has 0 aliphatic heterocycles. The molecule has 0 saturated heterocycles. The van der Waals surface area contributed by atoms with E-state index >= 15 is 0 Å². The number of rotatable bonds is 52. The fourth-order valence-corrected chi connectivity index (χ4v) is 6.94. The number of imidazole rings is 1. The first-order chi connectivity index (χ1) is 40.0. The molecule has 0 unspecified atom stereocenters. The number of aryl methyl sites for hydroxylation is 1. The van der Waals surface area contributed by atoms with E-state index in [1.807, 2.05) is 24.3 Å². The second-order valence-electron chi connectivity index (χ2n) is 17.6. The first-order valence-corrected chi connectivity index (χ1v) is 26.9. The summed E-state index contributed by atoms with van der Waals surface area (Å²) in [5.41, 5.74) is 9.22. The van der Waals surface area contributed by atoms with Gasteiger partial charge in [-0.3, -0.25) is 14.3 Å². The third-order valence-electron chi connectivity index (χ3n) is 11.2. The predicted octanol–water partition coefficient (Wildman–Crippen LogP) is 0.735. The van der Waals surface area contributed by atoms with E-state index < -0.39 is 42.4 Å². The van der Waals surface area contributed by atoms with Crippen molar-refractivity contribution in [1.82, 2.24) is 50.9 Å². The van der Waals surface area contributed by atoms with E-state index in [2.05, 4.69) is 46.2 Å². The Kier molecular flexibility index (Phi) is 35.5. The van der Waals surface area contributed by atoms with E-state index in [9.17, 15) is 34.2 Å². The monoisotopic (exact) mass is 1170 g/mol. The highest BCUT2D eigenvalue weighted by molar-refractivity contribution is 5.86. The Labute approximate surface area is 473 Å². The second kappa shape index (κ2) is 43.0. The smallest absolute Gasteiger partial charge is 0.326 e. The van der Waals surface area contributed by atoms with Gasteiger partial charge < -0.3 is 98.8 Å². The number of hydrogen-bond acceptors (Lipinski definition) is 23. The number of urea groups is 1. The number of aliphatic carboxylic acids is 3. The van der Waals surface area contributed by atoms with Gasteiger partial charge in [-0.2, -0.15) is 9.97 Å². The van der Waals surface area contributed by atoms with Gasteiger partial charge in [0.1, 0.15) is 29.9 Å². The normalized spacial score (nSPS) is 12.1. The van der Waals surface area contributed by atoms with Gasteiger partial charge in [-0.25, -0.2) is 19.4 Å². The minimum absolute atomic E-state index is 0.0700. The summed E-state index contributed by atoms with van der Waals surface area (Å²) in [4.78, 5) is 73.3. The maximum absolute atomic E-state index is 12.3. The summed E-state index contributed by atoms with van der Waals surface area (Å²) in [5, 5.41) is 42.7. The molecule has 4 aromatic rings. The molecule has 3 heterocycles. The van der Waals surface area contributed by atoms with Crippen LogP contribution in [-0.4, -0.2) is 231 Å². The lowest BCUT2D eigenvalue weighted by Gasteiger charge is -2.18. The number of anilines is 1. The number of nitrogen functional groups attached to an aromatic ring is 1. The largest absolute Gasteiger partial charge is 0.481 e. The van der Waals surface area contributed by atoms with Crippen molar-refractivity contribution in [2.24, 2.45) is 0 Å². The van der Waals surface area contributed by atoms with Crippen LogP contribution in [0.2, 0.25) is 0 Å². The van der Waals surface area contributed by atoms with Gasteiger partial charge in [0.25, 0.3) is 0 Å². The van der Waals surface area contributed by atoms with Gasteiger partial charge in [-0.15, -0.1) is 5.10 Å². The number of unbranched alkanes of at least 4 members (excludes halogenated alkanes) is 1. The quantitative estimate of drug-likeness (QED) is 0.0283. The summed E-state index contributed by atoms with van der Waals surface area (Å²) in [6, 6.07) is 3.91. The van der Waals surface area contributed by atoms with Crippen LogP contribution in [-0.2, 0) is 97.6 Å². The molecule has 0 aliphatic carbocycles. The van der Waals surface area contributed by atoms with E-state index in [0.717, 1.165) is 11.1 Å². The molecule has 31 heteroatoms. The molecule has 0 spiro atoms. The van der Waals surface area contributed by atoms with Gasteiger partial charge in [0, 0.05) is 25.9 Å². The number of amides is 3. The molecule has 3 amide bonds. The third kappa shape index (κ3) is 32.0. The summed E-state index contributed by atoms with van der Waals surface area (Å²) >= 11 is 0. The number of benzene rings is 1. The molecule has 458 valence electrons. The Bertz CT molecular complexity index is 2380. The lowest BCUT2D eigenvalue weighted by atomic mass is 10.1. The van der Waals surface area contributed by atoms with Gasteiger partial charge in [0.2, 0.25) is 17.7 Å². The van der Waals surface area contributed by atoms with Crippen LogP contribution in [0.25, 0.3) is 11.2 Å². The van der Waals surface area contributed by atoms with E-state index in [4.69, 9.17) is 67.7 Å². The van der Waals surface area contributed by atoms with Crippen LogP contribution in [0.15, 0.2) is 36.8 Å². The molecule has 0 fully saturated rings. The second-order valence-corrected chi connectivity index (χ2v) is 17.6. The zero-order valence-corrected chi connectivity index (χ0v) is 46.1. The van der Waals surface area contributed by atoms with Gasteiger partial charge in [-0.1, -0.05) is 29.5 Å². The number of carbonyl (C=O) groups excluding carboxylic acids is 2. The number of aromatic nitrogens is 7. The summed E-state index contributed by atoms with van der Waals surface area (Å²) in [7, 11) is 0. The number of nitrogens with one attached hydrogen (secondary N) is 4. The molecule has 31 nitrogen and oxygen atoms in total. The number of fused-ring (bicyclic) bond motifs is 1. The predicted molar refractivity (Wildman–Crippen MR) is 286 cm³/mol. The highest BCUT2D eigenvalue weighted by Crippen LogP contribution is 2.21. The zero-order valence-electron chi connectivity index (χ0n) is 46.1. The van der Waals surface area contributed by atoms with E-state index in [1.165, 1.54) is 6.33 Å². The van der Waals surface area contributed by atoms with Gasteiger partial charge in [0.15, 0.2) is 5.65 Å². The van der Waals surface area contributed by atoms with Crippen molar-refractivity contribution in [3.8, 4) is 5.88 Å². The molecule has 1 aromatic carbocycles. The summed E-state index contributed by atoms with van der Waals surface area (Å²) < 4.78 is 68.1. The first kappa shape index (κ1) is 67.7. The maximum atomic E-state index is 12.3. The Balaban J connectivity index is 0.793. The minimum atomic E-state index is -1.48. The van der Waals surface area contributed by atoms with E-state index in [1.54, 1.807) is 10.9 Å². The number of ether oxygens (including phenoxy) is 12. The van der Waals surface area contributed by atoms with Crippen LogP contribution in [0.3, 0.4) is 0 Å². The number of nitrogens with zero attached hydrogens (tertiary/aromatic N) is 6. The number of hydrogen-bond donors (Lipinski definition) is 8. The Morgan fingerprint density at radius 3 is 1.55 bits per heavy atom. The molecule has 9 N–H and O–H groups in total. The molecule has 0 radical (unpaired) electrons. The van der Waals surface area contributed by atoms with Crippen molar-refractivity contribution in [2.75, 3.05) is 144 Å². The molecular weight excluding hydrogens is 1090 g/mol. The number of nitrogens with two attached hydrogens (primary N) is 1. The highest BCUT2D eigenvalue weighted by Gasteiger charge is 2.25. The lowest BCUT2D eigenvalue weighted by molar-refractivity contribution is -0.141. The number of carboxylic acid groups (broad SMARTS) is 3. The van der Waals surface area contributed by atoms with Crippen LogP contribution in [0, 0.1) is 0 Å². The van der Waals surface area contributed by atoms with Crippen LogP contribution >= 0.6 is 0 Å². The summed E-state index contributed by atoms with van der Waals surface area (Å²) in [6.07, 6.45) is 3.61. The fourth-order valence-electron chi connectivity index (χ4n) is 6.94. The Morgan fingerprint density at radius 2 is 1.05 bits per heavy atom. The van der Waals surface area contributed by atoms with Crippen molar-refractivity contribution < 1.29 is 96.1 Å². The van der Waals surface area contributed by atoms with Crippen molar-refractivity contribution in [2.45, 2.75) is 76.9 Å². The minimum Gasteiger partial charge on any atom is -0.481 e. The van der Waals surface area contributed by atoms with Crippen molar-refractivity contribution >= 4 is 47.0 Å². The van der Waals surface area contributed by atoms with Crippen LogP contribution in [0.1, 0.15) is 55.3 Å². The number of carbonyl (C=O) groups is 5. The van der Waals surface area contributed by atoms with Crippen LogP contribution in [0.5, 0.6) is 5.88 Å². The molecule has 0 aliphatic rings. The highest BCUT2D eigenvalue weighted by atomic mass is 16.6. The molecule has 4 rings (SSSR count). The molecule has 82 heavy (non-hydrogen) atoms. The molecular formula is C51H79N11O20.